The fourth-order valence-electron chi connectivity index (χ4n) is 5.39. The minimum absolute atomic E-state index is 0.0211. The molecule has 2 aliphatic rings. The SMILES string of the molecule is CNc1ncnc2c1c(-c1ccccc1Cl)cn2CC(=O)N1CCC(N2c3cccnc3NC2O)CC1. The molecular weight excluding hydrogens is 492 g/mol. The second-order valence-electron chi connectivity index (χ2n) is 9.23. The average molecular weight is 519 g/mol. The first-order chi connectivity index (χ1) is 18.0. The molecule has 1 atom stereocenters. The molecule has 1 aromatic carbocycles. The zero-order valence-corrected chi connectivity index (χ0v) is 21.1. The minimum atomic E-state index is -0.812. The lowest BCUT2D eigenvalue weighted by molar-refractivity contribution is -0.132. The van der Waals surface area contributed by atoms with E-state index in [1.807, 2.05) is 64.0 Å². The van der Waals surface area contributed by atoms with Crippen LogP contribution >= 0.6 is 11.6 Å². The van der Waals surface area contributed by atoms with Crippen molar-refractivity contribution in [3.8, 4) is 11.1 Å². The van der Waals surface area contributed by atoms with Crippen LogP contribution in [0.2, 0.25) is 5.02 Å². The van der Waals surface area contributed by atoms with Gasteiger partial charge in [-0.2, -0.15) is 0 Å². The Bertz CT molecular complexity index is 1470. The van der Waals surface area contributed by atoms with Gasteiger partial charge in [-0.05, 0) is 31.0 Å². The second kappa shape index (κ2) is 9.53. The predicted octanol–water partition coefficient (Wildman–Crippen LogP) is 3.39. The summed E-state index contributed by atoms with van der Waals surface area (Å²) in [5, 5.41) is 18.2. The monoisotopic (exact) mass is 518 g/mol. The Labute approximate surface area is 218 Å². The lowest BCUT2D eigenvalue weighted by Crippen LogP contribution is -2.50. The van der Waals surface area contributed by atoms with E-state index in [0.717, 1.165) is 35.0 Å². The molecule has 1 saturated heterocycles. The van der Waals surface area contributed by atoms with Crippen LogP contribution in [0.3, 0.4) is 0 Å². The van der Waals surface area contributed by atoms with Crippen molar-refractivity contribution in [3.63, 3.8) is 0 Å². The normalized spacial score (nSPS) is 17.6. The number of piperidine rings is 1. The summed E-state index contributed by atoms with van der Waals surface area (Å²) < 4.78 is 1.88. The van der Waals surface area contributed by atoms with E-state index in [2.05, 4.69) is 25.6 Å². The van der Waals surface area contributed by atoms with Crippen molar-refractivity contribution >= 4 is 45.9 Å². The molecule has 0 spiro atoms. The number of carbonyl (C=O) groups excluding carboxylic acids is 1. The predicted molar refractivity (Wildman–Crippen MR) is 143 cm³/mol. The highest BCUT2D eigenvalue weighted by atomic mass is 35.5. The Morgan fingerprint density at radius 2 is 1.95 bits per heavy atom. The standard InChI is InChI=1S/C26H27ClN8O2/c1-28-24-22-18(17-5-2-3-6-19(17)27)13-34(25(22)31-15-30-24)14-21(36)33-11-8-16(9-12-33)35-20-7-4-10-29-23(20)32-26(35)37/h2-7,10,13,15-16,26,37H,8-9,11-12,14H2,1H3,(H,29,32)(H,28,30,31). The molecule has 190 valence electrons. The maximum absolute atomic E-state index is 13.4. The number of halogens is 1. The number of likely N-dealkylation sites (tertiary alicyclic amines) is 1. The Morgan fingerprint density at radius 3 is 2.73 bits per heavy atom. The summed E-state index contributed by atoms with van der Waals surface area (Å²) >= 11 is 6.52. The Balaban J connectivity index is 1.22. The molecule has 1 fully saturated rings. The van der Waals surface area contributed by atoms with Crippen LogP contribution in [0.1, 0.15) is 12.8 Å². The van der Waals surface area contributed by atoms with Crippen molar-refractivity contribution in [3.05, 3.63) is 60.1 Å². The quantitative estimate of drug-likeness (QED) is 0.369. The van der Waals surface area contributed by atoms with Gasteiger partial charge in [-0.25, -0.2) is 15.0 Å². The molecule has 37 heavy (non-hydrogen) atoms. The number of nitrogens with one attached hydrogen (secondary N) is 2. The number of amides is 1. The number of aliphatic hydroxyl groups excluding tert-OH is 1. The van der Waals surface area contributed by atoms with Gasteiger partial charge >= 0.3 is 0 Å². The van der Waals surface area contributed by atoms with Crippen LogP contribution in [-0.4, -0.2) is 68.0 Å². The maximum Gasteiger partial charge on any atom is 0.242 e. The topological polar surface area (TPSA) is 111 Å². The van der Waals surface area contributed by atoms with Crippen molar-refractivity contribution in [1.82, 2.24) is 24.4 Å². The molecule has 2 aliphatic heterocycles. The van der Waals surface area contributed by atoms with Gasteiger partial charge < -0.3 is 30.1 Å². The number of nitrogens with zero attached hydrogens (tertiary/aromatic N) is 6. The molecule has 11 heteroatoms. The second-order valence-corrected chi connectivity index (χ2v) is 9.64. The number of aromatic nitrogens is 4. The number of benzene rings is 1. The molecule has 0 radical (unpaired) electrons. The van der Waals surface area contributed by atoms with Crippen LogP contribution in [0, 0.1) is 0 Å². The fourth-order valence-corrected chi connectivity index (χ4v) is 5.63. The lowest BCUT2D eigenvalue weighted by atomic mass is 10.0. The first-order valence-corrected chi connectivity index (χ1v) is 12.6. The average Bonchev–Trinajstić information content (AvgIpc) is 3.46. The number of hydrogen-bond acceptors (Lipinski definition) is 8. The molecular formula is C26H27ClN8O2. The number of aliphatic hydroxyl groups is 1. The summed E-state index contributed by atoms with van der Waals surface area (Å²) in [4.78, 5) is 30.5. The van der Waals surface area contributed by atoms with Crippen LogP contribution in [-0.2, 0) is 11.3 Å². The Hall–Kier alpha value is -3.89. The van der Waals surface area contributed by atoms with Crippen molar-refractivity contribution in [2.45, 2.75) is 31.8 Å². The van der Waals surface area contributed by atoms with E-state index in [9.17, 15) is 9.90 Å². The Morgan fingerprint density at radius 1 is 1.14 bits per heavy atom. The highest BCUT2D eigenvalue weighted by molar-refractivity contribution is 6.33. The molecule has 3 N–H and O–H groups in total. The summed E-state index contributed by atoms with van der Waals surface area (Å²) in [7, 11) is 1.81. The summed E-state index contributed by atoms with van der Waals surface area (Å²) in [6, 6.07) is 11.6. The van der Waals surface area contributed by atoms with Crippen molar-refractivity contribution in [2.24, 2.45) is 0 Å². The number of hydrogen-bond donors (Lipinski definition) is 3. The van der Waals surface area contributed by atoms with Gasteiger partial charge in [0.25, 0.3) is 0 Å². The molecule has 4 aromatic rings. The first-order valence-electron chi connectivity index (χ1n) is 12.3. The van der Waals surface area contributed by atoms with Crippen molar-refractivity contribution in [2.75, 3.05) is 35.7 Å². The van der Waals surface area contributed by atoms with E-state index < -0.39 is 6.35 Å². The number of pyridine rings is 1. The van der Waals surface area contributed by atoms with E-state index in [0.29, 0.717) is 35.4 Å². The van der Waals surface area contributed by atoms with Crippen LogP contribution in [0.4, 0.5) is 17.3 Å². The minimum Gasteiger partial charge on any atom is -0.372 e. The summed E-state index contributed by atoms with van der Waals surface area (Å²) in [6.45, 7) is 1.37. The highest BCUT2D eigenvalue weighted by Crippen LogP contribution is 2.38. The van der Waals surface area contributed by atoms with E-state index in [4.69, 9.17) is 11.6 Å². The molecule has 1 unspecified atom stereocenters. The first kappa shape index (κ1) is 23.5. The third kappa shape index (κ3) is 4.11. The molecule has 0 bridgehead atoms. The van der Waals surface area contributed by atoms with Gasteiger partial charge in [-0.15, -0.1) is 0 Å². The Kier molecular flexibility index (Phi) is 6.05. The zero-order chi connectivity index (χ0) is 25.5. The third-order valence-corrected chi connectivity index (χ3v) is 7.49. The number of rotatable bonds is 5. The van der Waals surface area contributed by atoms with Gasteiger partial charge in [0.2, 0.25) is 12.3 Å². The summed E-state index contributed by atoms with van der Waals surface area (Å²) in [5.41, 5.74) is 3.30. The maximum atomic E-state index is 13.4. The fraction of sp³-hybridized carbons (Fsp3) is 0.308. The number of fused-ring (bicyclic) bond motifs is 2. The smallest absolute Gasteiger partial charge is 0.242 e. The zero-order valence-electron chi connectivity index (χ0n) is 20.3. The van der Waals surface area contributed by atoms with Crippen LogP contribution in [0.15, 0.2) is 55.1 Å². The molecule has 1 amide bonds. The summed E-state index contributed by atoms with van der Waals surface area (Å²) in [5.74, 6) is 1.39. The van der Waals surface area contributed by atoms with Crippen LogP contribution in [0.25, 0.3) is 22.2 Å². The van der Waals surface area contributed by atoms with Crippen LogP contribution < -0.4 is 15.5 Å². The number of carbonyl (C=O) groups is 1. The number of anilines is 3. The van der Waals surface area contributed by atoms with E-state index in [1.54, 1.807) is 6.20 Å². The molecule has 0 saturated carbocycles. The molecule has 10 nitrogen and oxygen atoms in total. The van der Waals surface area contributed by atoms with Gasteiger partial charge in [0, 0.05) is 54.7 Å². The van der Waals surface area contributed by atoms with Gasteiger partial charge in [-0.1, -0.05) is 29.8 Å². The van der Waals surface area contributed by atoms with E-state index >= 15 is 0 Å². The van der Waals surface area contributed by atoms with Gasteiger partial charge in [0.15, 0.2) is 5.82 Å². The van der Waals surface area contributed by atoms with Crippen molar-refractivity contribution in [1.29, 1.82) is 0 Å². The lowest BCUT2D eigenvalue weighted by Gasteiger charge is -2.38. The molecule has 3 aromatic heterocycles. The molecule has 6 rings (SSSR count). The van der Waals surface area contributed by atoms with E-state index in [-0.39, 0.29) is 18.5 Å². The van der Waals surface area contributed by atoms with Gasteiger partial charge in [-0.3, -0.25) is 4.79 Å². The van der Waals surface area contributed by atoms with Gasteiger partial charge in [0.1, 0.15) is 24.3 Å². The molecule has 5 heterocycles. The molecule has 0 aliphatic carbocycles. The van der Waals surface area contributed by atoms with Crippen molar-refractivity contribution < 1.29 is 9.90 Å². The van der Waals surface area contributed by atoms with Crippen LogP contribution in [0.5, 0.6) is 0 Å². The van der Waals surface area contributed by atoms with Gasteiger partial charge in [0.05, 0.1) is 11.1 Å². The third-order valence-electron chi connectivity index (χ3n) is 7.16. The van der Waals surface area contributed by atoms with E-state index in [1.165, 1.54) is 6.33 Å². The largest absolute Gasteiger partial charge is 0.372 e. The summed E-state index contributed by atoms with van der Waals surface area (Å²) in [6.07, 6.45) is 5.83. The highest BCUT2D eigenvalue weighted by Gasteiger charge is 2.36.